The molecule has 88 valence electrons. The van der Waals surface area contributed by atoms with Crippen LogP contribution in [-0.2, 0) is 4.79 Å². The topological polar surface area (TPSA) is 17.1 Å². The van der Waals surface area contributed by atoms with Gasteiger partial charge in [0.1, 0.15) is 0 Å². The van der Waals surface area contributed by atoms with Crippen LogP contribution in [0.4, 0.5) is 0 Å². The van der Waals surface area contributed by atoms with Crippen molar-refractivity contribution in [2.45, 2.75) is 6.42 Å². The minimum atomic E-state index is 0.152. The highest BCUT2D eigenvalue weighted by Gasteiger charge is 2.26. The molecule has 1 aromatic rings. The molecule has 0 radical (unpaired) electrons. The number of hydrogen-bond acceptors (Lipinski definition) is 2. The molecule has 2 aliphatic rings. The van der Waals surface area contributed by atoms with Crippen LogP contribution in [-0.4, -0.2) is 5.78 Å². The van der Waals surface area contributed by atoms with E-state index in [4.69, 9.17) is 0 Å². The quantitative estimate of drug-likeness (QED) is 0.699. The number of ketones is 1. The second kappa shape index (κ2) is 4.83. The van der Waals surface area contributed by atoms with Crippen molar-refractivity contribution in [3.05, 3.63) is 75.6 Å². The van der Waals surface area contributed by atoms with Gasteiger partial charge < -0.3 is 0 Å². The molecule has 0 aromatic heterocycles. The van der Waals surface area contributed by atoms with Crippen LogP contribution in [0.25, 0.3) is 6.08 Å². The van der Waals surface area contributed by atoms with Gasteiger partial charge >= 0.3 is 0 Å². The van der Waals surface area contributed by atoms with Crippen molar-refractivity contribution in [2.24, 2.45) is 0 Å². The summed E-state index contributed by atoms with van der Waals surface area (Å²) in [6.07, 6.45) is 10.8. The van der Waals surface area contributed by atoms with E-state index in [-0.39, 0.29) is 5.78 Å². The van der Waals surface area contributed by atoms with Crippen LogP contribution in [0.15, 0.2) is 70.0 Å². The van der Waals surface area contributed by atoms with Crippen molar-refractivity contribution < 1.29 is 4.79 Å². The Morgan fingerprint density at radius 2 is 1.94 bits per heavy atom. The normalized spacial score (nSPS) is 20.4. The first-order valence-corrected chi connectivity index (χ1v) is 6.72. The van der Waals surface area contributed by atoms with Crippen molar-refractivity contribution in [2.75, 3.05) is 0 Å². The lowest BCUT2D eigenvalue weighted by Gasteiger charge is -1.97. The van der Waals surface area contributed by atoms with Crippen molar-refractivity contribution in [3.8, 4) is 0 Å². The Morgan fingerprint density at radius 3 is 2.78 bits per heavy atom. The zero-order chi connectivity index (χ0) is 12.4. The van der Waals surface area contributed by atoms with E-state index < -0.39 is 0 Å². The maximum absolute atomic E-state index is 12.3. The second-order valence-electron chi connectivity index (χ2n) is 4.18. The minimum Gasteiger partial charge on any atom is -0.288 e. The van der Waals surface area contributed by atoms with Gasteiger partial charge in [0.05, 0.1) is 4.91 Å². The number of carbonyl (C=O) groups is 1. The van der Waals surface area contributed by atoms with Gasteiger partial charge in [-0.1, -0.05) is 66.4 Å². The third-order valence-corrected chi connectivity index (χ3v) is 4.07. The summed E-state index contributed by atoms with van der Waals surface area (Å²) in [5.74, 6) is 0.152. The molecule has 3 rings (SSSR count). The molecule has 0 saturated heterocycles. The van der Waals surface area contributed by atoms with Crippen molar-refractivity contribution in [3.63, 3.8) is 0 Å². The standard InChI is InChI=1S/C16H12OS/c17-16-13-9-5-2-6-10-14(13)18-15(16)11-12-7-3-1-4-8-12/h1-9,11H,10H2/b15-11-. The van der Waals surface area contributed by atoms with Gasteiger partial charge in [-0.3, -0.25) is 4.79 Å². The van der Waals surface area contributed by atoms with Gasteiger partial charge in [0.15, 0.2) is 0 Å². The third kappa shape index (κ3) is 2.12. The molecule has 0 bridgehead atoms. The van der Waals surface area contributed by atoms with Crippen molar-refractivity contribution >= 4 is 23.6 Å². The van der Waals surface area contributed by atoms with Gasteiger partial charge in [-0.15, -0.1) is 0 Å². The van der Waals surface area contributed by atoms with Crippen molar-refractivity contribution in [1.29, 1.82) is 0 Å². The Balaban J connectivity index is 1.92. The summed E-state index contributed by atoms with van der Waals surface area (Å²) in [6, 6.07) is 9.97. The summed E-state index contributed by atoms with van der Waals surface area (Å²) in [5, 5.41) is 0. The van der Waals surface area contributed by atoms with Crippen molar-refractivity contribution in [1.82, 2.24) is 0 Å². The first-order valence-electron chi connectivity index (χ1n) is 5.90. The first-order chi connectivity index (χ1) is 8.84. The Kier molecular flexibility index (Phi) is 3.03. The largest absolute Gasteiger partial charge is 0.288 e. The number of allylic oxidation sites excluding steroid dienone is 7. The fourth-order valence-corrected chi connectivity index (χ4v) is 3.13. The molecule has 0 N–H and O–H groups in total. The highest BCUT2D eigenvalue weighted by atomic mass is 32.2. The number of hydrogen-bond donors (Lipinski definition) is 0. The number of thioether (sulfide) groups is 1. The van der Waals surface area contributed by atoms with Crippen LogP contribution in [0.3, 0.4) is 0 Å². The Hall–Kier alpha value is -1.80. The van der Waals surface area contributed by atoms with Crippen LogP contribution < -0.4 is 0 Å². The maximum Gasteiger partial charge on any atom is 0.200 e. The average molecular weight is 252 g/mol. The van der Waals surface area contributed by atoms with E-state index in [1.807, 2.05) is 54.6 Å². The van der Waals surface area contributed by atoms with Crippen LogP contribution >= 0.6 is 11.8 Å². The molecule has 18 heavy (non-hydrogen) atoms. The SMILES string of the molecule is O=C1C2=C(CC=CC=C2)S/C1=C\c1ccccc1. The molecule has 1 aliphatic heterocycles. The summed E-state index contributed by atoms with van der Waals surface area (Å²) in [4.78, 5) is 14.3. The molecule has 1 heterocycles. The summed E-state index contributed by atoms with van der Waals surface area (Å²) in [7, 11) is 0. The van der Waals surface area contributed by atoms with Gasteiger partial charge in [-0.2, -0.15) is 0 Å². The molecule has 0 atom stereocenters. The average Bonchev–Trinajstić information content (AvgIpc) is 2.58. The zero-order valence-corrected chi connectivity index (χ0v) is 10.6. The number of rotatable bonds is 1. The number of Topliss-reactive ketones (excluding diaryl/α,β-unsaturated/α-hetero) is 1. The molecule has 1 nitrogen and oxygen atoms in total. The highest BCUT2D eigenvalue weighted by molar-refractivity contribution is 8.08. The molecule has 1 aliphatic carbocycles. The monoisotopic (exact) mass is 252 g/mol. The van der Waals surface area contributed by atoms with E-state index in [1.54, 1.807) is 11.8 Å². The fraction of sp³-hybridized carbons (Fsp3) is 0.0625. The first kappa shape index (κ1) is 11.3. The van der Waals surface area contributed by atoms with Gasteiger partial charge in [-0.25, -0.2) is 0 Å². The van der Waals surface area contributed by atoms with Gasteiger partial charge in [0.2, 0.25) is 5.78 Å². The lowest BCUT2D eigenvalue weighted by Crippen LogP contribution is -1.96. The van der Waals surface area contributed by atoms with Crippen LogP contribution in [0.1, 0.15) is 12.0 Å². The number of benzene rings is 1. The molecule has 0 amide bonds. The molecule has 0 saturated carbocycles. The van der Waals surface area contributed by atoms with Crippen LogP contribution in [0.2, 0.25) is 0 Å². The fourth-order valence-electron chi connectivity index (χ4n) is 2.01. The summed E-state index contributed by atoms with van der Waals surface area (Å²) in [6.45, 7) is 0. The molecular formula is C16H12OS. The predicted molar refractivity (Wildman–Crippen MR) is 76.9 cm³/mol. The lowest BCUT2D eigenvalue weighted by atomic mass is 10.1. The Morgan fingerprint density at radius 1 is 1.11 bits per heavy atom. The Labute approximate surface area is 111 Å². The second-order valence-corrected chi connectivity index (χ2v) is 5.32. The van der Waals surface area contributed by atoms with Gasteiger partial charge in [-0.05, 0) is 18.1 Å². The van der Waals surface area contributed by atoms with Gasteiger partial charge in [0, 0.05) is 10.5 Å². The molecule has 0 spiro atoms. The van der Waals surface area contributed by atoms with E-state index >= 15 is 0 Å². The maximum atomic E-state index is 12.3. The van der Waals surface area contributed by atoms with E-state index in [0.29, 0.717) is 0 Å². The molecular weight excluding hydrogens is 240 g/mol. The van der Waals surface area contributed by atoms with Crippen LogP contribution in [0.5, 0.6) is 0 Å². The van der Waals surface area contributed by atoms with E-state index in [0.717, 1.165) is 27.4 Å². The smallest absolute Gasteiger partial charge is 0.200 e. The third-order valence-electron chi connectivity index (χ3n) is 2.91. The van der Waals surface area contributed by atoms with Gasteiger partial charge in [0.25, 0.3) is 0 Å². The summed E-state index contributed by atoms with van der Waals surface area (Å²) < 4.78 is 0. The molecule has 0 fully saturated rings. The molecule has 0 unspecified atom stereocenters. The Bertz CT molecular complexity index is 603. The molecule has 2 heteroatoms. The minimum absolute atomic E-state index is 0.152. The lowest BCUT2D eigenvalue weighted by molar-refractivity contribution is -0.111. The molecule has 1 aromatic carbocycles. The van der Waals surface area contributed by atoms with E-state index in [2.05, 4.69) is 6.08 Å². The highest BCUT2D eigenvalue weighted by Crippen LogP contribution is 2.42. The summed E-state index contributed by atoms with van der Waals surface area (Å²) >= 11 is 1.60. The number of carbonyl (C=O) groups excluding carboxylic acids is 1. The summed E-state index contributed by atoms with van der Waals surface area (Å²) in [5.41, 5.74) is 1.93. The van der Waals surface area contributed by atoms with Crippen LogP contribution in [0, 0.1) is 0 Å². The van der Waals surface area contributed by atoms with E-state index in [9.17, 15) is 4.79 Å². The zero-order valence-electron chi connectivity index (χ0n) is 9.80. The predicted octanol–water partition coefficient (Wildman–Crippen LogP) is 4.11. The van der Waals surface area contributed by atoms with E-state index in [1.165, 1.54) is 0 Å².